The van der Waals surface area contributed by atoms with Crippen molar-refractivity contribution in [1.82, 2.24) is 14.7 Å². The van der Waals surface area contributed by atoms with Crippen LogP contribution in [0.5, 0.6) is 11.5 Å². The summed E-state index contributed by atoms with van der Waals surface area (Å²) in [5.74, 6) is 1.42. The van der Waals surface area contributed by atoms with Crippen LogP contribution in [0.15, 0.2) is 48.7 Å². The molecule has 2 aromatic heterocycles. The highest BCUT2D eigenvalue weighted by Gasteiger charge is 2.21. The highest BCUT2D eigenvalue weighted by Crippen LogP contribution is 2.34. The molecule has 1 aliphatic heterocycles. The molecule has 3 heterocycles. The highest BCUT2D eigenvalue weighted by atomic mass is 35.5. The number of carbonyl (C=O) groups is 1. The Labute approximate surface area is 174 Å². The second kappa shape index (κ2) is 8.17. The molecule has 0 bridgehead atoms. The Kier molecular flexibility index (Phi) is 5.45. The quantitative estimate of drug-likeness (QED) is 0.636. The number of ether oxygens (including phenoxy) is 2. The van der Waals surface area contributed by atoms with Crippen molar-refractivity contribution in [2.45, 2.75) is 19.9 Å². The summed E-state index contributed by atoms with van der Waals surface area (Å²) in [5.41, 5.74) is 2.37. The van der Waals surface area contributed by atoms with Gasteiger partial charge in [-0.2, -0.15) is 0 Å². The zero-order valence-corrected chi connectivity index (χ0v) is 17.0. The van der Waals surface area contributed by atoms with E-state index in [2.05, 4.69) is 24.1 Å². The van der Waals surface area contributed by atoms with Gasteiger partial charge in [-0.15, -0.1) is 0 Å². The van der Waals surface area contributed by atoms with Gasteiger partial charge in [0.1, 0.15) is 18.9 Å². The molecular weight excluding hydrogens is 390 g/mol. The molecule has 7 heteroatoms. The topological polar surface area (TPSA) is 64.9 Å². The standard InChI is InChI=1S/C22H22ClN3O3/c1-14(2)21(15-6-8-17-18(13-15)29-12-11-28-17)25-20(27)9-7-16-22(23)24-19-5-3-4-10-26(16)19/h3-10,13-14,21H,11-12H2,1-2H3,(H,25,27)/b9-7+/t21-/m0/s1. The first kappa shape index (κ1) is 19.3. The molecule has 3 aromatic rings. The number of hydrogen-bond donors (Lipinski definition) is 1. The number of pyridine rings is 1. The van der Waals surface area contributed by atoms with Gasteiger partial charge >= 0.3 is 0 Å². The van der Waals surface area contributed by atoms with E-state index in [0.29, 0.717) is 29.8 Å². The van der Waals surface area contributed by atoms with Crippen molar-refractivity contribution in [3.05, 3.63) is 65.1 Å². The molecule has 0 radical (unpaired) electrons. The zero-order chi connectivity index (χ0) is 20.4. The fourth-order valence-corrected chi connectivity index (χ4v) is 3.62. The molecule has 0 fully saturated rings. The van der Waals surface area contributed by atoms with E-state index >= 15 is 0 Å². The van der Waals surface area contributed by atoms with Crippen molar-refractivity contribution in [3.63, 3.8) is 0 Å². The average molecular weight is 412 g/mol. The van der Waals surface area contributed by atoms with Gasteiger partial charge < -0.3 is 14.8 Å². The first-order valence-corrected chi connectivity index (χ1v) is 9.91. The molecule has 1 aromatic carbocycles. The number of aromatic nitrogens is 2. The first-order valence-electron chi connectivity index (χ1n) is 9.53. The molecule has 1 amide bonds. The SMILES string of the molecule is CC(C)[C@H](NC(=O)/C=C/c1c(Cl)nc2ccccn12)c1ccc2c(c1)OCCO2. The fourth-order valence-electron chi connectivity index (χ4n) is 3.38. The number of fused-ring (bicyclic) bond motifs is 2. The van der Waals surface area contributed by atoms with E-state index < -0.39 is 0 Å². The van der Waals surface area contributed by atoms with E-state index in [0.717, 1.165) is 17.0 Å². The minimum Gasteiger partial charge on any atom is -0.486 e. The van der Waals surface area contributed by atoms with Crippen LogP contribution in [0.25, 0.3) is 11.7 Å². The number of hydrogen-bond acceptors (Lipinski definition) is 4. The monoisotopic (exact) mass is 411 g/mol. The summed E-state index contributed by atoms with van der Waals surface area (Å²) >= 11 is 6.23. The van der Waals surface area contributed by atoms with Crippen LogP contribution in [0.3, 0.4) is 0 Å². The van der Waals surface area contributed by atoms with Crippen molar-refractivity contribution in [2.75, 3.05) is 13.2 Å². The third kappa shape index (κ3) is 4.07. The van der Waals surface area contributed by atoms with E-state index in [9.17, 15) is 4.79 Å². The van der Waals surface area contributed by atoms with E-state index in [1.807, 2.05) is 47.0 Å². The molecule has 29 heavy (non-hydrogen) atoms. The van der Waals surface area contributed by atoms with E-state index in [4.69, 9.17) is 21.1 Å². The van der Waals surface area contributed by atoms with Crippen LogP contribution in [0.2, 0.25) is 5.15 Å². The summed E-state index contributed by atoms with van der Waals surface area (Å²) in [4.78, 5) is 16.9. The van der Waals surface area contributed by atoms with Gasteiger partial charge in [-0.1, -0.05) is 37.6 Å². The van der Waals surface area contributed by atoms with Crippen LogP contribution >= 0.6 is 11.6 Å². The average Bonchev–Trinajstić information content (AvgIpc) is 3.05. The number of rotatable bonds is 5. The van der Waals surface area contributed by atoms with Gasteiger partial charge in [0.05, 0.1) is 11.7 Å². The molecule has 4 rings (SSSR count). The van der Waals surface area contributed by atoms with Crippen molar-refractivity contribution >= 4 is 29.2 Å². The molecule has 1 atom stereocenters. The van der Waals surface area contributed by atoms with Crippen molar-refractivity contribution < 1.29 is 14.3 Å². The lowest BCUT2D eigenvalue weighted by atomic mass is 9.95. The molecule has 0 saturated carbocycles. The van der Waals surface area contributed by atoms with Crippen LogP contribution < -0.4 is 14.8 Å². The smallest absolute Gasteiger partial charge is 0.244 e. The third-order valence-electron chi connectivity index (χ3n) is 4.80. The Bertz CT molecular complexity index is 1070. The number of imidazole rings is 1. The first-order chi connectivity index (χ1) is 14.0. The molecule has 0 aliphatic carbocycles. The van der Waals surface area contributed by atoms with Gasteiger partial charge in [-0.3, -0.25) is 9.20 Å². The summed E-state index contributed by atoms with van der Waals surface area (Å²) in [6.07, 6.45) is 5.02. The molecule has 1 N–H and O–H groups in total. The summed E-state index contributed by atoms with van der Waals surface area (Å²) in [6.45, 7) is 5.20. The lowest BCUT2D eigenvalue weighted by molar-refractivity contribution is -0.117. The van der Waals surface area contributed by atoms with Crippen molar-refractivity contribution in [2.24, 2.45) is 5.92 Å². The van der Waals surface area contributed by atoms with Gasteiger partial charge in [-0.25, -0.2) is 4.98 Å². The summed E-state index contributed by atoms with van der Waals surface area (Å²) in [7, 11) is 0. The predicted octanol–water partition coefficient (Wildman–Crippen LogP) is 4.29. The van der Waals surface area contributed by atoms with Gasteiger partial charge in [-0.05, 0) is 41.8 Å². The number of amides is 1. The van der Waals surface area contributed by atoms with E-state index in [-0.39, 0.29) is 17.9 Å². The number of nitrogens with one attached hydrogen (secondary N) is 1. The minimum atomic E-state index is -0.208. The Morgan fingerprint density at radius 2 is 2.00 bits per heavy atom. The Morgan fingerprint density at radius 3 is 2.79 bits per heavy atom. The fraction of sp³-hybridized carbons (Fsp3) is 0.273. The Balaban J connectivity index is 1.53. The van der Waals surface area contributed by atoms with Gasteiger partial charge in [0.25, 0.3) is 0 Å². The van der Waals surface area contributed by atoms with Crippen LogP contribution in [-0.4, -0.2) is 28.5 Å². The second-order valence-corrected chi connectivity index (χ2v) is 7.54. The lowest BCUT2D eigenvalue weighted by Crippen LogP contribution is -2.30. The Hall–Kier alpha value is -2.99. The molecule has 6 nitrogen and oxygen atoms in total. The van der Waals surface area contributed by atoms with Crippen LogP contribution in [-0.2, 0) is 4.79 Å². The summed E-state index contributed by atoms with van der Waals surface area (Å²) in [5, 5.41) is 3.43. The van der Waals surface area contributed by atoms with Crippen molar-refractivity contribution in [1.29, 1.82) is 0 Å². The van der Waals surface area contributed by atoms with Gasteiger partial charge in [0.15, 0.2) is 16.7 Å². The second-order valence-electron chi connectivity index (χ2n) is 7.18. The zero-order valence-electron chi connectivity index (χ0n) is 16.3. The maximum absolute atomic E-state index is 12.6. The third-order valence-corrected chi connectivity index (χ3v) is 5.08. The minimum absolute atomic E-state index is 0.166. The number of benzene rings is 1. The highest BCUT2D eigenvalue weighted by molar-refractivity contribution is 6.31. The molecule has 1 aliphatic rings. The van der Waals surface area contributed by atoms with Crippen molar-refractivity contribution in [3.8, 4) is 11.5 Å². The lowest BCUT2D eigenvalue weighted by Gasteiger charge is -2.25. The van der Waals surface area contributed by atoms with Gasteiger partial charge in [0.2, 0.25) is 5.91 Å². The van der Waals surface area contributed by atoms with E-state index in [1.54, 1.807) is 6.08 Å². The van der Waals surface area contributed by atoms with Crippen LogP contribution in [0, 0.1) is 5.92 Å². The summed E-state index contributed by atoms with van der Waals surface area (Å²) < 4.78 is 13.1. The largest absolute Gasteiger partial charge is 0.486 e. The maximum atomic E-state index is 12.6. The Morgan fingerprint density at radius 1 is 1.21 bits per heavy atom. The van der Waals surface area contributed by atoms with Crippen LogP contribution in [0.1, 0.15) is 31.1 Å². The molecule has 150 valence electrons. The van der Waals surface area contributed by atoms with Crippen LogP contribution in [0.4, 0.5) is 0 Å². The molecule has 0 spiro atoms. The molecular formula is C22H22ClN3O3. The number of carbonyl (C=O) groups excluding carboxylic acids is 1. The maximum Gasteiger partial charge on any atom is 0.244 e. The van der Waals surface area contributed by atoms with E-state index in [1.165, 1.54) is 6.08 Å². The molecule has 0 saturated heterocycles. The summed E-state index contributed by atoms with van der Waals surface area (Å²) in [6, 6.07) is 11.3. The number of halogens is 1. The molecule has 0 unspecified atom stereocenters. The number of nitrogens with zero attached hydrogens (tertiary/aromatic N) is 2. The normalized spacial score (nSPS) is 14.5. The predicted molar refractivity (Wildman–Crippen MR) is 112 cm³/mol. The van der Waals surface area contributed by atoms with Gasteiger partial charge in [0, 0.05) is 12.3 Å².